The van der Waals surface area contributed by atoms with Gasteiger partial charge in [-0.25, -0.2) is 4.57 Å². The molecule has 2 unspecified atom stereocenters. The minimum atomic E-state index is -4.26. The van der Waals surface area contributed by atoms with Gasteiger partial charge in [0, 0.05) is 0 Å². The fraction of sp³-hybridized carbons (Fsp3) is 0.571. The van der Waals surface area contributed by atoms with Crippen LogP contribution < -0.4 is 9.47 Å². The number of unbranched alkanes of at least 4 members (excludes halogenated alkanes) is 2. The Labute approximate surface area is 221 Å². The molecule has 0 aliphatic rings. The lowest BCUT2D eigenvalue weighted by molar-refractivity contribution is -0.0228. The van der Waals surface area contributed by atoms with Gasteiger partial charge in [-0.3, -0.25) is 9.05 Å². The summed E-state index contributed by atoms with van der Waals surface area (Å²) in [5.41, 5.74) is 0. The molecule has 0 amide bonds. The summed E-state index contributed by atoms with van der Waals surface area (Å²) in [6.45, 7) is 5.54. The Morgan fingerprint density at radius 3 is 1.46 bits per heavy atom. The fourth-order valence-electron chi connectivity index (χ4n) is 3.47. The van der Waals surface area contributed by atoms with Gasteiger partial charge in [-0.2, -0.15) is 0 Å². The van der Waals surface area contributed by atoms with E-state index in [2.05, 4.69) is 13.8 Å². The van der Waals surface area contributed by atoms with Gasteiger partial charge in [-0.15, -0.1) is 0 Å². The predicted molar refractivity (Wildman–Crippen MR) is 144 cm³/mol. The highest BCUT2D eigenvalue weighted by Gasteiger charge is 2.25. The van der Waals surface area contributed by atoms with E-state index >= 15 is 0 Å². The summed E-state index contributed by atoms with van der Waals surface area (Å²) in [6.07, 6.45) is 4.58. The highest BCUT2D eigenvalue weighted by molar-refractivity contribution is 7.47. The summed E-state index contributed by atoms with van der Waals surface area (Å²) in [4.78, 5) is 10.3. The van der Waals surface area contributed by atoms with E-state index in [1.54, 1.807) is 0 Å². The van der Waals surface area contributed by atoms with Crippen LogP contribution in [0.3, 0.4) is 0 Å². The largest absolute Gasteiger partial charge is 0.491 e. The van der Waals surface area contributed by atoms with E-state index in [0.29, 0.717) is 39.3 Å². The standard InChI is InChI=1S/C28H43O8P/c1-3-5-13-27(33-21-19-31-25-15-9-7-10-16-25)23-35-37(29,30)36-24-28(14-6-4-2)34-22-20-32-26-17-11-8-12-18-26/h7-12,15-18,27-28H,3-6,13-14,19-24H2,1-2H3,(H,29,30). The van der Waals surface area contributed by atoms with Crippen molar-refractivity contribution in [1.82, 2.24) is 0 Å². The van der Waals surface area contributed by atoms with Crippen molar-refractivity contribution in [3.8, 4) is 11.5 Å². The molecular formula is C28H43O8P. The number of para-hydroxylation sites is 2. The van der Waals surface area contributed by atoms with Crippen LogP contribution in [0.25, 0.3) is 0 Å². The molecule has 0 aliphatic heterocycles. The van der Waals surface area contributed by atoms with E-state index in [1.807, 2.05) is 60.7 Å². The monoisotopic (exact) mass is 538 g/mol. The van der Waals surface area contributed by atoms with E-state index in [-0.39, 0.29) is 25.4 Å². The predicted octanol–water partition coefficient (Wildman–Crippen LogP) is 6.43. The molecule has 1 N–H and O–H groups in total. The Morgan fingerprint density at radius 1 is 0.676 bits per heavy atom. The third-order valence-electron chi connectivity index (χ3n) is 5.50. The summed E-state index contributed by atoms with van der Waals surface area (Å²) >= 11 is 0. The van der Waals surface area contributed by atoms with Crippen molar-refractivity contribution < 1.29 is 37.5 Å². The van der Waals surface area contributed by atoms with Crippen LogP contribution in [-0.4, -0.2) is 56.7 Å². The third-order valence-corrected chi connectivity index (χ3v) is 6.45. The molecule has 2 aromatic carbocycles. The Balaban J connectivity index is 1.72. The summed E-state index contributed by atoms with van der Waals surface area (Å²) in [5, 5.41) is 0. The third kappa shape index (κ3) is 15.2. The van der Waals surface area contributed by atoms with Gasteiger partial charge in [-0.05, 0) is 37.1 Å². The van der Waals surface area contributed by atoms with E-state index in [1.165, 1.54) is 0 Å². The molecule has 0 bridgehead atoms. The van der Waals surface area contributed by atoms with Crippen LogP contribution in [0.2, 0.25) is 0 Å². The molecule has 0 saturated carbocycles. The first-order valence-corrected chi connectivity index (χ1v) is 14.7. The summed E-state index contributed by atoms with van der Waals surface area (Å²) < 4.78 is 46.2. The normalized spacial score (nSPS) is 14.6. The van der Waals surface area contributed by atoms with Gasteiger partial charge < -0.3 is 23.8 Å². The number of hydrogen-bond donors (Lipinski definition) is 1. The van der Waals surface area contributed by atoms with Crippen molar-refractivity contribution in [3.63, 3.8) is 0 Å². The Hall–Kier alpha value is -1.93. The van der Waals surface area contributed by atoms with Gasteiger partial charge in [-0.1, -0.05) is 75.9 Å². The lowest BCUT2D eigenvalue weighted by atomic mass is 10.2. The Morgan fingerprint density at radius 2 is 1.08 bits per heavy atom. The minimum absolute atomic E-state index is 0.0372. The summed E-state index contributed by atoms with van der Waals surface area (Å²) in [7, 11) is -4.26. The van der Waals surface area contributed by atoms with Crippen molar-refractivity contribution in [2.75, 3.05) is 39.6 Å². The Kier molecular flexibility index (Phi) is 16.2. The summed E-state index contributed by atoms with van der Waals surface area (Å²) in [5.74, 6) is 1.54. The average molecular weight is 539 g/mol. The number of phosphoric ester groups is 1. The van der Waals surface area contributed by atoms with Crippen LogP contribution in [0.5, 0.6) is 11.5 Å². The van der Waals surface area contributed by atoms with E-state index < -0.39 is 7.82 Å². The molecule has 208 valence electrons. The maximum absolute atomic E-state index is 12.6. The van der Waals surface area contributed by atoms with Crippen LogP contribution in [-0.2, 0) is 23.1 Å². The van der Waals surface area contributed by atoms with E-state index in [0.717, 1.165) is 37.2 Å². The number of ether oxygens (including phenoxy) is 4. The zero-order valence-electron chi connectivity index (χ0n) is 22.2. The van der Waals surface area contributed by atoms with Gasteiger partial charge in [0.05, 0.1) is 38.6 Å². The van der Waals surface area contributed by atoms with Crippen LogP contribution in [0.4, 0.5) is 0 Å². The quantitative estimate of drug-likeness (QED) is 0.135. The van der Waals surface area contributed by atoms with Crippen LogP contribution in [0.15, 0.2) is 60.7 Å². The van der Waals surface area contributed by atoms with Crippen molar-refractivity contribution in [2.45, 2.75) is 64.6 Å². The Bertz CT molecular complexity index is 784. The minimum Gasteiger partial charge on any atom is -0.491 e. The molecule has 37 heavy (non-hydrogen) atoms. The first-order chi connectivity index (χ1) is 18.0. The molecule has 2 rings (SSSR count). The number of hydrogen-bond acceptors (Lipinski definition) is 7. The molecule has 0 heterocycles. The molecular weight excluding hydrogens is 495 g/mol. The van der Waals surface area contributed by atoms with Gasteiger partial charge >= 0.3 is 7.82 Å². The topological polar surface area (TPSA) is 92.7 Å². The molecule has 2 atom stereocenters. The molecule has 0 fully saturated rings. The van der Waals surface area contributed by atoms with E-state index in [9.17, 15) is 9.46 Å². The second kappa shape index (κ2) is 19.2. The lowest BCUT2D eigenvalue weighted by Gasteiger charge is -2.22. The van der Waals surface area contributed by atoms with Gasteiger partial charge in [0.25, 0.3) is 0 Å². The molecule has 0 aliphatic carbocycles. The second-order valence-electron chi connectivity index (χ2n) is 8.65. The van der Waals surface area contributed by atoms with Gasteiger partial charge in [0.15, 0.2) is 0 Å². The first-order valence-electron chi connectivity index (χ1n) is 13.2. The molecule has 2 aromatic rings. The van der Waals surface area contributed by atoms with E-state index in [4.69, 9.17) is 28.0 Å². The van der Waals surface area contributed by atoms with Gasteiger partial charge in [0.2, 0.25) is 0 Å². The van der Waals surface area contributed by atoms with Crippen molar-refractivity contribution in [1.29, 1.82) is 0 Å². The van der Waals surface area contributed by atoms with Crippen molar-refractivity contribution in [2.24, 2.45) is 0 Å². The highest BCUT2D eigenvalue weighted by atomic mass is 31.2. The SMILES string of the molecule is CCCCC(COP(=O)(O)OCC(CCCC)OCCOc1ccccc1)OCCOc1ccccc1. The van der Waals surface area contributed by atoms with Crippen molar-refractivity contribution >= 4 is 7.82 Å². The molecule has 0 aromatic heterocycles. The molecule has 0 spiro atoms. The maximum Gasteiger partial charge on any atom is 0.472 e. The molecule has 0 saturated heterocycles. The van der Waals surface area contributed by atoms with Crippen molar-refractivity contribution in [3.05, 3.63) is 60.7 Å². The summed E-state index contributed by atoms with van der Waals surface area (Å²) in [6, 6.07) is 19.0. The zero-order valence-corrected chi connectivity index (χ0v) is 23.1. The smallest absolute Gasteiger partial charge is 0.472 e. The maximum atomic E-state index is 12.6. The zero-order chi connectivity index (χ0) is 26.6. The fourth-order valence-corrected chi connectivity index (χ4v) is 4.25. The van der Waals surface area contributed by atoms with Crippen LogP contribution >= 0.6 is 7.82 Å². The molecule has 0 radical (unpaired) electrons. The second-order valence-corrected chi connectivity index (χ2v) is 10.1. The number of rotatable bonds is 22. The van der Waals surface area contributed by atoms with Crippen LogP contribution in [0, 0.1) is 0 Å². The highest BCUT2D eigenvalue weighted by Crippen LogP contribution is 2.43. The average Bonchev–Trinajstić information content (AvgIpc) is 2.92. The molecule has 9 heteroatoms. The number of phosphoric acid groups is 1. The number of benzene rings is 2. The van der Waals surface area contributed by atoms with Gasteiger partial charge in [0.1, 0.15) is 24.7 Å². The first kappa shape index (κ1) is 31.3. The lowest BCUT2D eigenvalue weighted by Crippen LogP contribution is -2.24. The van der Waals surface area contributed by atoms with Crippen LogP contribution in [0.1, 0.15) is 52.4 Å². The molecule has 8 nitrogen and oxygen atoms in total.